The Morgan fingerprint density at radius 3 is 2.43 bits per heavy atom. The van der Waals surface area contributed by atoms with E-state index in [0.29, 0.717) is 13.2 Å². The largest absolute Gasteiger partial charge is 0.697 e. The normalized spacial score (nSPS) is 11.1. The zero-order valence-electron chi connectivity index (χ0n) is 8.52. The minimum Gasteiger partial charge on any atom is -0.466 e. The van der Waals surface area contributed by atoms with E-state index < -0.39 is 8.25 Å². The highest BCUT2D eigenvalue weighted by Crippen LogP contribution is 2.23. The third-order valence-electron chi connectivity index (χ3n) is 1.21. The van der Waals surface area contributed by atoms with Crippen molar-refractivity contribution < 1.29 is 23.1 Å². The van der Waals surface area contributed by atoms with Crippen molar-refractivity contribution in [2.24, 2.45) is 0 Å². The van der Waals surface area contributed by atoms with E-state index in [9.17, 15) is 9.36 Å². The van der Waals surface area contributed by atoms with Gasteiger partial charge in [0.1, 0.15) is 13.2 Å². The molecule has 0 aromatic carbocycles. The minimum atomic E-state index is -2.08. The molecule has 1 unspecified atom stereocenters. The molecule has 0 saturated heterocycles. The fraction of sp³-hybridized carbons (Fsp3) is 0.875. The molecule has 14 heavy (non-hydrogen) atoms. The molecule has 0 N–H and O–H groups in total. The van der Waals surface area contributed by atoms with Gasteiger partial charge in [0.2, 0.25) is 0 Å². The summed E-state index contributed by atoms with van der Waals surface area (Å²) in [5.74, 6) is -0.355. The number of hydrogen-bond donors (Lipinski definition) is 0. The number of esters is 1. The summed E-state index contributed by atoms with van der Waals surface area (Å²) >= 11 is 0. The van der Waals surface area contributed by atoms with Crippen molar-refractivity contribution in [3.8, 4) is 0 Å². The summed E-state index contributed by atoms with van der Waals surface area (Å²) in [5.41, 5.74) is 0. The monoisotopic (exact) mass is 223 g/mol. The molecular formula is C8H16O5P+. The second-order valence-corrected chi connectivity index (χ2v) is 3.41. The average Bonchev–Trinajstić information content (AvgIpc) is 2.15. The molecule has 0 rings (SSSR count). The first-order chi connectivity index (χ1) is 6.70. The van der Waals surface area contributed by atoms with Gasteiger partial charge in [-0.25, -0.2) is 0 Å². The Kier molecular flexibility index (Phi) is 8.73. The van der Waals surface area contributed by atoms with Crippen LogP contribution in [-0.4, -0.2) is 25.8 Å². The molecule has 0 fully saturated rings. The van der Waals surface area contributed by atoms with E-state index in [-0.39, 0.29) is 19.0 Å². The molecule has 0 heterocycles. The van der Waals surface area contributed by atoms with Gasteiger partial charge < -0.3 is 4.74 Å². The van der Waals surface area contributed by atoms with E-state index >= 15 is 0 Å². The smallest absolute Gasteiger partial charge is 0.466 e. The van der Waals surface area contributed by atoms with Crippen LogP contribution < -0.4 is 0 Å². The summed E-state index contributed by atoms with van der Waals surface area (Å²) in [5, 5.41) is 0. The highest BCUT2D eigenvalue weighted by Gasteiger charge is 2.19. The van der Waals surface area contributed by atoms with Crippen LogP contribution in [0.3, 0.4) is 0 Å². The van der Waals surface area contributed by atoms with E-state index in [1.54, 1.807) is 6.92 Å². The van der Waals surface area contributed by atoms with Crippen molar-refractivity contribution in [2.75, 3.05) is 19.8 Å². The zero-order valence-corrected chi connectivity index (χ0v) is 9.42. The Morgan fingerprint density at radius 1 is 1.21 bits per heavy atom. The van der Waals surface area contributed by atoms with E-state index in [2.05, 4.69) is 4.74 Å². The van der Waals surface area contributed by atoms with Gasteiger partial charge in [0.05, 0.1) is 13.0 Å². The van der Waals surface area contributed by atoms with Crippen molar-refractivity contribution in [1.29, 1.82) is 0 Å². The standard InChI is InChI=1S/C8H16O5P/c1-3-6-12-14(10)13-7-5-8(9)11-4-2/h3-7H2,1-2H3/q+1. The molecule has 0 bridgehead atoms. The maximum atomic E-state index is 10.9. The molecule has 0 aromatic heterocycles. The van der Waals surface area contributed by atoms with Crippen LogP contribution in [0.4, 0.5) is 0 Å². The van der Waals surface area contributed by atoms with Gasteiger partial charge in [-0.2, -0.15) is 0 Å². The van der Waals surface area contributed by atoms with Crippen molar-refractivity contribution >= 4 is 14.2 Å². The highest BCUT2D eigenvalue weighted by molar-refractivity contribution is 7.33. The van der Waals surface area contributed by atoms with Crippen LogP contribution in [-0.2, 0) is 23.1 Å². The lowest BCUT2D eigenvalue weighted by Crippen LogP contribution is -2.06. The topological polar surface area (TPSA) is 61.8 Å². The fourth-order valence-corrected chi connectivity index (χ4v) is 1.29. The van der Waals surface area contributed by atoms with Crippen LogP contribution in [0, 0.1) is 0 Å². The van der Waals surface area contributed by atoms with E-state index in [4.69, 9.17) is 9.05 Å². The zero-order chi connectivity index (χ0) is 10.8. The second kappa shape index (κ2) is 9.06. The predicted molar refractivity (Wildman–Crippen MR) is 51.1 cm³/mol. The minimum absolute atomic E-state index is 0.0672. The summed E-state index contributed by atoms with van der Waals surface area (Å²) in [6.45, 7) is 4.44. The number of ether oxygens (including phenoxy) is 1. The van der Waals surface area contributed by atoms with Gasteiger partial charge in [0.15, 0.2) is 0 Å². The third kappa shape index (κ3) is 8.10. The first kappa shape index (κ1) is 13.5. The summed E-state index contributed by atoms with van der Waals surface area (Å²) in [6.07, 6.45) is 0.882. The van der Waals surface area contributed by atoms with Gasteiger partial charge >= 0.3 is 14.2 Å². The van der Waals surface area contributed by atoms with Crippen molar-refractivity contribution in [3.05, 3.63) is 0 Å². The molecule has 0 radical (unpaired) electrons. The summed E-state index contributed by atoms with van der Waals surface area (Å²) in [6, 6.07) is 0. The average molecular weight is 223 g/mol. The second-order valence-electron chi connectivity index (χ2n) is 2.45. The van der Waals surface area contributed by atoms with Gasteiger partial charge in [0, 0.05) is 4.57 Å². The van der Waals surface area contributed by atoms with Gasteiger partial charge in [-0.3, -0.25) is 4.79 Å². The quantitative estimate of drug-likeness (QED) is 0.465. The van der Waals surface area contributed by atoms with Crippen LogP contribution in [0.1, 0.15) is 26.7 Å². The lowest BCUT2D eigenvalue weighted by atomic mass is 10.5. The van der Waals surface area contributed by atoms with Crippen molar-refractivity contribution in [3.63, 3.8) is 0 Å². The van der Waals surface area contributed by atoms with E-state index in [1.165, 1.54) is 0 Å². The van der Waals surface area contributed by atoms with Crippen molar-refractivity contribution in [1.82, 2.24) is 0 Å². The molecule has 5 nitrogen and oxygen atoms in total. The van der Waals surface area contributed by atoms with E-state index in [0.717, 1.165) is 6.42 Å². The van der Waals surface area contributed by atoms with Gasteiger partial charge in [-0.05, 0) is 13.3 Å². The fourth-order valence-electron chi connectivity index (χ4n) is 0.640. The Bertz CT molecular complexity index is 183. The molecular weight excluding hydrogens is 207 g/mol. The van der Waals surface area contributed by atoms with Gasteiger partial charge in [0.25, 0.3) is 0 Å². The number of rotatable bonds is 8. The summed E-state index contributed by atoms with van der Waals surface area (Å²) in [7, 11) is -2.08. The Labute approximate surface area is 84.7 Å². The van der Waals surface area contributed by atoms with Crippen LogP contribution in [0.25, 0.3) is 0 Å². The lowest BCUT2D eigenvalue weighted by molar-refractivity contribution is -0.143. The SMILES string of the molecule is CCCO[P+](=O)OCCC(=O)OCC. The summed E-state index contributed by atoms with van der Waals surface area (Å²) < 4.78 is 25.1. The Balaban J connectivity index is 3.34. The maximum Gasteiger partial charge on any atom is 0.697 e. The molecule has 0 aliphatic rings. The number of hydrogen-bond acceptors (Lipinski definition) is 5. The summed E-state index contributed by atoms with van der Waals surface area (Å²) in [4.78, 5) is 10.8. The molecule has 82 valence electrons. The maximum absolute atomic E-state index is 10.9. The Morgan fingerprint density at radius 2 is 1.86 bits per heavy atom. The molecule has 0 aromatic rings. The van der Waals surface area contributed by atoms with Gasteiger partial charge in [-0.1, -0.05) is 6.92 Å². The predicted octanol–water partition coefficient (Wildman–Crippen LogP) is 2.04. The molecule has 0 aliphatic carbocycles. The lowest BCUT2D eigenvalue weighted by Gasteiger charge is -1.97. The molecule has 1 atom stereocenters. The first-order valence-electron chi connectivity index (χ1n) is 4.59. The van der Waals surface area contributed by atoms with Crippen LogP contribution in [0.15, 0.2) is 0 Å². The highest BCUT2D eigenvalue weighted by atomic mass is 31.1. The van der Waals surface area contributed by atoms with E-state index in [1.807, 2.05) is 6.92 Å². The van der Waals surface area contributed by atoms with Crippen LogP contribution in [0.2, 0.25) is 0 Å². The molecule has 0 amide bonds. The van der Waals surface area contributed by atoms with Crippen molar-refractivity contribution in [2.45, 2.75) is 26.7 Å². The first-order valence-corrected chi connectivity index (χ1v) is 5.69. The van der Waals surface area contributed by atoms with Gasteiger partial charge in [-0.15, -0.1) is 9.05 Å². The van der Waals surface area contributed by atoms with Crippen LogP contribution in [0.5, 0.6) is 0 Å². The number of carbonyl (C=O) groups excluding carboxylic acids is 1. The molecule has 0 spiro atoms. The molecule has 0 saturated carbocycles. The Hall–Kier alpha value is -0.510. The van der Waals surface area contributed by atoms with Crippen LogP contribution >= 0.6 is 8.25 Å². The number of carbonyl (C=O) groups is 1. The molecule has 6 heteroatoms. The third-order valence-corrected chi connectivity index (χ3v) is 2.00. The molecule has 0 aliphatic heterocycles.